The summed E-state index contributed by atoms with van der Waals surface area (Å²) in [5, 5.41) is 5.86. The molecule has 1 aliphatic heterocycles. The highest BCUT2D eigenvalue weighted by molar-refractivity contribution is 5.91. The molecule has 2 aromatic heterocycles. The molecule has 0 bridgehead atoms. The summed E-state index contributed by atoms with van der Waals surface area (Å²) in [6, 6.07) is 8.37. The van der Waals surface area contributed by atoms with E-state index in [4.69, 9.17) is 15.1 Å². The van der Waals surface area contributed by atoms with Crippen molar-refractivity contribution in [1.29, 1.82) is 0 Å². The first-order valence-electron chi connectivity index (χ1n) is 11.7. The van der Waals surface area contributed by atoms with E-state index in [0.29, 0.717) is 13.1 Å². The Balaban J connectivity index is 1.78. The van der Waals surface area contributed by atoms with Crippen LogP contribution in [0.5, 0.6) is 0 Å². The van der Waals surface area contributed by atoms with Gasteiger partial charge in [0.25, 0.3) is 0 Å². The van der Waals surface area contributed by atoms with Crippen molar-refractivity contribution in [1.82, 2.24) is 24.6 Å². The predicted molar refractivity (Wildman–Crippen MR) is 128 cm³/mol. The average Bonchev–Trinajstić information content (AvgIpc) is 3.14. The Bertz CT molecular complexity index is 1110. The molecule has 1 amide bonds. The quantitative estimate of drug-likeness (QED) is 0.601. The molecule has 3 heterocycles. The predicted octanol–water partition coefficient (Wildman–Crippen LogP) is 4.25. The van der Waals surface area contributed by atoms with E-state index >= 15 is 0 Å². The SMILES string of the molecule is CC[C@@H](C)c1nc(N2CCN(C(=O)C(C)C)CC2)c2c(C)nn(-c3ccc(C)cc3)c2n1. The number of piperazine rings is 1. The number of rotatable bonds is 5. The number of amides is 1. The number of carbonyl (C=O) groups excluding carboxylic acids is 1. The van der Waals surface area contributed by atoms with Gasteiger partial charge in [0.1, 0.15) is 11.6 Å². The number of carbonyl (C=O) groups is 1. The molecule has 32 heavy (non-hydrogen) atoms. The van der Waals surface area contributed by atoms with Gasteiger partial charge in [0.15, 0.2) is 5.65 Å². The zero-order chi connectivity index (χ0) is 23.0. The first-order chi connectivity index (χ1) is 15.3. The van der Waals surface area contributed by atoms with Crippen LogP contribution in [0.4, 0.5) is 5.82 Å². The second-order valence-electron chi connectivity index (χ2n) is 9.21. The third-order valence-corrected chi connectivity index (χ3v) is 6.42. The molecule has 1 atom stereocenters. The van der Waals surface area contributed by atoms with E-state index in [1.165, 1.54) is 5.56 Å². The van der Waals surface area contributed by atoms with Crippen LogP contribution in [0.1, 0.15) is 57.1 Å². The Morgan fingerprint density at radius 2 is 1.66 bits per heavy atom. The number of nitrogens with zero attached hydrogens (tertiary/aromatic N) is 6. The van der Waals surface area contributed by atoms with Crippen LogP contribution in [-0.2, 0) is 4.79 Å². The monoisotopic (exact) mass is 434 g/mol. The molecule has 1 aromatic carbocycles. The summed E-state index contributed by atoms with van der Waals surface area (Å²) in [7, 11) is 0. The fourth-order valence-corrected chi connectivity index (χ4v) is 4.18. The van der Waals surface area contributed by atoms with Crippen molar-refractivity contribution in [2.45, 2.75) is 53.9 Å². The van der Waals surface area contributed by atoms with Crippen LogP contribution >= 0.6 is 0 Å². The van der Waals surface area contributed by atoms with E-state index in [1.54, 1.807) is 0 Å². The third kappa shape index (κ3) is 4.08. The molecule has 0 saturated carbocycles. The smallest absolute Gasteiger partial charge is 0.225 e. The van der Waals surface area contributed by atoms with Crippen molar-refractivity contribution >= 4 is 22.8 Å². The van der Waals surface area contributed by atoms with Crippen molar-refractivity contribution in [3.05, 3.63) is 41.3 Å². The molecule has 3 aromatic rings. The molecular formula is C25H34N6O. The van der Waals surface area contributed by atoms with Crippen molar-refractivity contribution in [3.63, 3.8) is 0 Å². The number of fused-ring (bicyclic) bond motifs is 1. The number of benzene rings is 1. The van der Waals surface area contributed by atoms with Crippen LogP contribution in [0, 0.1) is 19.8 Å². The van der Waals surface area contributed by atoms with Crippen LogP contribution in [0.2, 0.25) is 0 Å². The van der Waals surface area contributed by atoms with Gasteiger partial charge in [0.2, 0.25) is 5.91 Å². The lowest BCUT2D eigenvalue weighted by atomic mass is 10.1. The van der Waals surface area contributed by atoms with Crippen molar-refractivity contribution in [2.75, 3.05) is 31.1 Å². The van der Waals surface area contributed by atoms with Gasteiger partial charge in [-0.2, -0.15) is 5.10 Å². The minimum absolute atomic E-state index is 0.0271. The second kappa shape index (κ2) is 8.88. The lowest BCUT2D eigenvalue weighted by Gasteiger charge is -2.36. The Labute approximate surface area is 190 Å². The Kier molecular flexibility index (Phi) is 6.17. The van der Waals surface area contributed by atoms with E-state index in [9.17, 15) is 4.79 Å². The number of hydrogen-bond acceptors (Lipinski definition) is 5. The van der Waals surface area contributed by atoms with E-state index < -0.39 is 0 Å². The minimum atomic E-state index is 0.0271. The first-order valence-corrected chi connectivity index (χ1v) is 11.7. The van der Waals surface area contributed by atoms with Crippen LogP contribution in [0.25, 0.3) is 16.7 Å². The molecule has 1 fully saturated rings. The molecule has 0 unspecified atom stereocenters. The van der Waals surface area contributed by atoms with E-state index in [1.807, 2.05) is 30.4 Å². The summed E-state index contributed by atoms with van der Waals surface area (Å²) < 4.78 is 1.94. The maximum atomic E-state index is 12.4. The molecule has 7 nitrogen and oxygen atoms in total. The van der Waals surface area contributed by atoms with Crippen LogP contribution in [0.15, 0.2) is 24.3 Å². The van der Waals surface area contributed by atoms with E-state index in [-0.39, 0.29) is 17.7 Å². The molecule has 0 radical (unpaired) electrons. The van der Waals surface area contributed by atoms with Crippen molar-refractivity contribution in [3.8, 4) is 5.69 Å². The highest BCUT2D eigenvalue weighted by atomic mass is 16.2. The summed E-state index contributed by atoms with van der Waals surface area (Å²) >= 11 is 0. The molecule has 4 rings (SSSR count). The highest BCUT2D eigenvalue weighted by Crippen LogP contribution is 2.31. The maximum Gasteiger partial charge on any atom is 0.225 e. The van der Waals surface area contributed by atoms with Gasteiger partial charge in [0, 0.05) is 38.0 Å². The zero-order valence-corrected chi connectivity index (χ0v) is 20.1. The van der Waals surface area contributed by atoms with E-state index in [0.717, 1.165) is 53.6 Å². The third-order valence-electron chi connectivity index (χ3n) is 6.42. The molecule has 1 aliphatic rings. The summed E-state index contributed by atoms with van der Waals surface area (Å²) in [6.45, 7) is 15.3. The molecule has 0 N–H and O–H groups in total. The Morgan fingerprint density at radius 1 is 1.00 bits per heavy atom. The normalized spacial score (nSPS) is 15.6. The Morgan fingerprint density at radius 3 is 2.25 bits per heavy atom. The minimum Gasteiger partial charge on any atom is -0.352 e. The zero-order valence-electron chi connectivity index (χ0n) is 20.1. The number of aromatic nitrogens is 4. The molecule has 1 saturated heterocycles. The second-order valence-corrected chi connectivity index (χ2v) is 9.21. The number of anilines is 1. The topological polar surface area (TPSA) is 67.2 Å². The van der Waals surface area contributed by atoms with Gasteiger partial charge < -0.3 is 9.80 Å². The maximum absolute atomic E-state index is 12.4. The Hall–Kier alpha value is -2.96. The van der Waals surface area contributed by atoms with Crippen LogP contribution in [0.3, 0.4) is 0 Å². The van der Waals surface area contributed by atoms with Gasteiger partial charge in [-0.1, -0.05) is 45.4 Å². The number of aryl methyl sites for hydroxylation is 2. The van der Waals surface area contributed by atoms with Gasteiger partial charge in [-0.25, -0.2) is 14.6 Å². The van der Waals surface area contributed by atoms with Crippen molar-refractivity contribution in [2.24, 2.45) is 5.92 Å². The van der Waals surface area contributed by atoms with Crippen LogP contribution in [-0.4, -0.2) is 56.7 Å². The van der Waals surface area contributed by atoms with Gasteiger partial charge in [-0.15, -0.1) is 0 Å². The van der Waals surface area contributed by atoms with E-state index in [2.05, 4.69) is 49.9 Å². The van der Waals surface area contributed by atoms with Crippen molar-refractivity contribution < 1.29 is 4.79 Å². The molecular weight excluding hydrogens is 400 g/mol. The summed E-state index contributed by atoms with van der Waals surface area (Å²) in [5.41, 5.74) is 3.99. The first kappa shape index (κ1) is 22.2. The van der Waals surface area contributed by atoms with Crippen LogP contribution < -0.4 is 4.90 Å². The molecule has 0 spiro atoms. The molecule has 170 valence electrons. The lowest BCUT2D eigenvalue weighted by molar-refractivity contribution is -0.134. The van der Waals surface area contributed by atoms with Gasteiger partial charge in [-0.3, -0.25) is 4.79 Å². The largest absolute Gasteiger partial charge is 0.352 e. The summed E-state index contributed by atoms with van der Waals surface area (Å²) in [5.74, 6) is 2.30. The lowest BCUT2D eigenvalue weighted by Crippen LogP contribution is -2.50. The highest BCUT2D eigenvalue weighted by Gasteiger charge is 2.27. The fraction of sp³-hybridized carbons (Fsp3) is 0.520. The molecule has 7 heteroatoms. The summed E-state index contributed by atoms with van der Waals surface area (Å²) in [6.07, 6.45) is 0.971. The number of hydrogen-bond donors (Lipinski definition) is 0. The summed E-state index contributed by atoms with van der Waals surface area (Å²) in [4.78, 5) is 26.7. The fourth-order valence-electron chi connectivity index (χ4n) is 4.18. The standard InChI is InChI=1S/C25H34N6O/c1-7-18(5)22-26-23(29-12-14-30(15-13-29)25(32)16(2)3)21-19(6)28-31(24(21)27-22)20-10-8-17(4)9-11-20/h8-11,16,18H,7,12-15H2,1-6H3/t18-/m1/s1. The van der Waals surface area contributed by atoms with Gasteiger partial charge in [0.05, 0.1) is 16.8 Å². The average molecular weight is 435 g/mol. The molecule has 0 aliphatic carbocycles. The van der Waals surface area contributed by atoms with Gasteiger partial charge >= 0.3 is 0 Å². The van der Waals surface area contributed by atoms with Gasteiger partial charge in [-0.05, 0) is 32.4 Å².